The summed E-state index contributed by atoms with van der Waals surface area (Å²) in [5.41, 5.74) is 0.474. The molecular formula is C17H17F3N2O2S. The van der Waals surface area contributed by atoms with E-state index in [2.05, 4.69) is 5.32 Å². The van der Waals surface area contributed by atoms with E-state index < -0.39 is 38.4 Å². The van der Waals surface area contributed by atoms with Crippen molar-refractivity contribution in [1.82, 2.24) is 9.62 Å². The first-order valence-corrected chi connectivity index (χ1v) is 9.18. The molecule has 1 aliphatic rings. The van der Waals surface area contributed by atoms with E-state index >= 15 is 0 Å². The monoisotopic (exact) mass is 370 g/mol. The van der Waals surface area contributed by atoms with Crippen molar-refractivity contribution in [3.8, 4) is 0 Å². The average molecular weight is 370 g/mol. The van der Waals surface area contributed by atoms with Gasteiger partial charge in [0, 0.05) is 19.6 Å². The normalized spacial score (nSPS) is 19.1. The molecule has 8 heteroatoms. The van der Waals surface area contributed by atoms with E-state index in [4.69, 9.17) is 0 Å². The topological polar surface area (TPSA) is 49.4 Å². The Hall–Kier alpha value is -1.90. The number of benzene rings is 2. The van der Waals surface area contributed by atoms with Crippen LogP contribution in [0, 0.1) is 24.4 Å². The third kappa shape index (κ3) is 3.42. The lowest BCUT2D eigenvalue weighted by atomic mass is 10.1. The van der Waals surface area contributed by atoms with E-state index in [1.165, 1.54) is 25.1 Å². The Morgan fingerprint density at radius 3 is 2.60 bits per heavy atom. The van der Waals surface area contributed by atoms with Crippen molar-refractivity contribution in [1.29, 1.82) is 0 Å². The van der Waals surface area contributed by atoms with Gasteiger partial charge in [-0.1, -0.05) is 12.1 Å². The molecule has 2 aromatic carbocycles. The molecule has 4 nitrogen and oxygen atoms in total. The first-order chi connectivity index (χ1) is 11.8. The van der Waals surface area contributed by atoms with Crippen molar-refractivity contribution >= 4 is 10.0 Å². The molecule has 1 fully saturated rings. The molecule has 1 saturated heterocycles. The Kier molecular flexibility index (Phi) is 4.86. The second-order valence-electron chi connectivity index (χ2n) is 5.92. The highest BCUT2D eigenvalue weighted by atomic mass is 32.2. The van der Waals surface area contributed by atoms with Gasteiger partial charge >= 0.3 is 0 Å². The van der Waals surface area contributed by atoms with E-state index in [1.54, 1.807) is 6.07 Å². The number of sulfonamides is 1. The Balaban J connectivity index is 2.06. The molecule has 2 aromatic rings. The molecule has 0 radical (unpaired) electrons. The maximum atomic E-state index is 14.2. The SMILES string of the molecule is Cc1cc(F)c(S(=O)(=O)N2CCNCC2c2cccc(F)c2)cc1F. The van der Waals surface area contributed by atoms with Crippen molar-refractivity contribution < 1.29 is 21.6 Å². The maximum absolute atomic E-state index is 14.2. The quantitative estimate of drug-likeness (QED) is 0.904. The van der Waals surface area contributed by atoms with E-state index in [1.807, 2.05) is 0 Å². The summed E-state index contributed by atoms with van der Waals surface area (Å²) in [6.07, 6.45) is 0. The van der Waals surface area contributed by atoms with Gasteiger partial charge in [-0.3, -0.25) is 0 Å². The first-order valence-electron chi connectivity index (χ1n) is 7.74. The van der Waals surface area contributed by atoms with E-state index in [0.717, 1.165) is 10.4 Å². The Labute approximate surface area is 144 Å². The van der Waals surface area contributed by atoms with Crippen molar-refractivity contribution in [2.24, 2.45) is 0 Å². The van der Waals surface area contributed by atoms with E-state index in [-0.39, 0.29) is 18.7 Å². The van der Waals surface area contributed by atoms with Gasteiger partial charge in [0.1, 0.15) is 22.3 Å². The number of halogens is 3. The average Bonchev–Trinajstić information content (AvgIpc) is 2.58. The minimum atomic E-state index is -4.29. The molecule has 0 saturated carbocycles. The van der Waals surface area contributed by atoms with Crippen LogP contribution >= 0.6 is 0 Å². The third-order valence-electron chi connectivity index (χ3n) is 4.23. The minimum Gasteiger partial charge on any atom is -0.313 e. The molecule has 0 bridgehead atoms. The summed E-state index contributed by atoms with van der Waals surface area (Å²) in [6, 6.07) is 6.44. The van der Waals surface area contributed by atoms with Crippen LogP contribution in [0.3, 0.4) is 0 Å². The Morgan fingerprint density at radius 2 is 1.88 bits per heavy atom. The van der Waals surface area contributed by atoms with Gasteiger partial charge in [0.2, 0.25) is 10.0 Å². The fourth-order valence-corrected chi connectivity index (χ4v) is 4.60. The smallest absolute Gasteiger partial charge is 0.246 e. The van der Waals surface area contributed by atoms with Gasteiger partial charge in [0.05, 0.1) is 6.04 Å². The van der Waals surface area contributed by atoms with Crippen molar-refractivity contribution in [2.75, 3.05) is 19.6 Å². The van der Waals surface area contributed by atoms with Crippen LogP contribution in [-0.2, 0) is 10.0 Å². The zero-order valence-electron chi connectivity index (χ0n) is 13.5. The molecule has 1 aliphatic heterocycles. The highest BCUT2D eigenvalue weighted by Crippen LogP contribution is 2.31. The van der Waals surface area contributed by atoms with Crippen LogP contribution in [0.15, 0.2) is 41.3 Å². The molecule has 3 rings (SSSR count). The van der Waals surface area contributed by atoms with Gasteiger partial charge in [-0.15, -0.1) is 0 Å². The predicted octanol–water partition coefficient (Wildman–Crippen LogP) is 2.75. The van der Waals surface area contributed by atoms with Gasteiger partial charge in [-0.2, -0.15) is 4.31 Å². The summed E-state index contributed by atoms with van der Waals surface area (Å²) in [4.78, 5) is -0.709. The highest BCUT2D eigenvalue weighted by Gasteiger charge is 2.36. The molecule has 1 unspecified atom stereocenters. The lowest BCUT2D eigenvalue weighted by Gasteiger charge is -2.35. The minimum absolute atomic E-state index is 0.0263. The van der Waals surface area contributed by atoms with E-state index in [9.17, 15) is 21.6 Å². The summed E-state index contributed by atoms with van der Waals surface area (Å²) >= 11 is 0. The van der Waals surface area contributed by atoms with Gasteiger partial charge in [0.15, 0.2) is 0 Å². The van der Waals surface area contributed by atoms with Gasteiger partial charge in [-0.25, -0.2) is 21.6 Å². The standard InChI is InChI=1S/C17H17F3N2O2S/c1-11-7-15(20)17(9-14(11)19)25(23,24)22-6-5-21-10-16(22)12-3-2-4-13(18)8-12/h2-4,7-9,16,21H,5-6,10H2,1H3. The highest BCUT2D eigenvalue weighted by molar-refractivity contribution is 7.89. The Morgan fingerprint density at radius 1 is 1.12 bits per heavy atom. The lowest BCUT2D eigenvalue weighted by molar-refractivity contribution is 0.270. The molecule has 0 aliphatic carbocycles. The summed E-state index contributed by atoms with van der Waals surface area (Å²) in [6.45, 7) is 2.03. The summed E-state index contributed by atoms with van der Waals surface area (Å²) in [7, 11) is -4.29. The fraction of sp³-hybridized carbons (Fsp3) is 0.294. The zero-order chi connectivity index (χ0) is 18.2. The predicted molar refractivity (Wildman–Crippen MR) is 87.0 cm³/mol. The second kappa shape index (κ2) is 6.78. The van der Waals surface area contributed by atoms with Crippen LogP contribution in [0.4, 0.5) is 13.2 Å². The maximum Gasteiger partial charge on any atom is 0.246 e. The van der Waals surface area contributed by atoms with Gasteiger partial charge in [-0.05, 0) is 42.3 Å². The third-order valence-corrected chi connectivity index (χ3v) is 6.15. The summed E-state index contributed by atoms with van der Waals surface area (Å²) in [5.74, 6) is -2.29. The zero-order valence-corrected chi connectivity index (χ0v) is 14.3. The molecule has 1 heterocycles. The number of hydrogen-bond acceptors (Lipinski definition) is 3. The van der Waals surface area contributed by atoms with Crippen LogP contribution in [-0.4, -0.2) is 32.4 Å². The van der Waals surface area contributed by atoms with Crippen molar-refractivity contribution in [3.63, 3.8) is 0 Å². The molecule has 0 spiro atoms. The number of rotatable bonds is 3. The molecular weight excluding hydrogens is 353 g/mol. The fourth-order valence-electron chi connectivity index (χ4n) is 2.92. The molecule has 134 valence electrons. The lowest BCUT2D eigenvalue weighted by Crippen LogP contribution is -2.48. The molecule has 0 aromatic heterocycles. The first kappa shape index (κ1) is 17.9. The van der Waals surface area contributed by atoms with Crippen molar-refractivity contribution in [2.45, 2.75) is 17.9 Å². The van der Waals surface area contributed by atoms with Gasteiger partial charge < -0.3 is 5.32 Å². The second-order valence-corrected chi connectivity index (χ2v) is 7.78. The Bertz CT molecular complexity index is 903. The van der Waals surface area contributed by atoms with Gasteiger partial charge in [0.25, 0.3) is 0 Å². The largest absolute Gasteiger partial charge is 0.313 e. The molecule has 1 atom stereocenters. The summed E-state index contributed by atoms with van der Waals surface area (Å²) < 4.78 is 68.5. The molecule has 25 heavy (non-hydrogen) atoms. The number of nitrogens with zero attached hydrogens (tertiary/aromatic N) is 1. The van der Waals surface area contributed by atoms with Crippen LogP contribution in [0.1, 0.15) is 17.2 Å². The number of nitrogens with one attached hydrogen (secondary N) is 1. The van der Waals surface area contributed by atoms with Crippen molar-refractivity contribution in [3.05, 3.63) is 65.0 Å². The molecule has 1 N–H and O–H groups in total. The molecule has 0 amide bonds. The van der Waals surface area contributed by atoms with Crippen LogP contribution in [0.25, 0.3) is 0 Å². The number of piperazine rings is 1. The van der Waals surface area contributed by atoms with Crippen LogP contribution in [0.2, 0.25) is 0 Å². The number of hydrogen-bond donors (Lipinski definition) is 1. The number of aryl methyl sites for hydroxylation is 1. The van der Waals surface area contributed by atoms with Crippen LogP contribution in [0.5, 0.6) is 0 Å². The van der Waals surface area contributed by atoms with Crippen LogP contribution < -0.4 is 5.32 Å². The van der Waals surface area contributed by atoms with E-state index in [0.29, 0.717) is 18.2 Å². The summed E-state index contributed by atoms with van der Waals surface area (Å²) in [5, 5.41) is 3.05.